The van der Waals surface area contributed by atoms with Crippen molar-refractivity contribution in [2.24, 2.45) is 0 Å². The van der Waals surface area contributed by atoms with Crippen LogP contribution in [0.5, 0.6) is 0 Å². The van der Waals surface area contributed by atoms with Crippen molar-refractivity contribution in [2.75, 3.05) is 0 Å². The molecule has 3 aromatic heterocycles. The van der Waals surface area contributed by atoms with Gasteiger partial charge in [0.05, 0.1) is 22.4 Å². The molecule has 0 aliphatic rings. The lowest BCUT2D eigenvalue weighted by Crippen LogP contribution is -1.97. The molecule has 7 aromatic rings. The number of aromatic amines is 1. The lowest BCUT2D eigenvalue weighted by Gasteiger charge is -2.11. The molecule has 3 heteroatoms. The SMILES string of the molecule is C=Cc1c(/C=C\C)c2ccccc2n1-c1ccc2[nH]c3ccc(-n4c(C=C)c(/C=C\C)c5ccccc54)cc3c2c1.CC.CC.CC.CC. The topological polar surface area (TPSA) is 25.6 Å². The molecule has 3 heterocycles. The zero-order valence-corrected chi connectivity index (χ0v) is 31.4. The molecule has 0 aliphatic carbocycles. The number of nitrogens with zero attached hydrogens (tertiary/aromatic N) is 2. The van der Waals surface area contributed by atoms with Crippen molar-refractivity contribution in [3.05, 3.63) is 133 Å². The Hall–Kier alpha value is -5.28. The van der Waals surface area contributed by atoms with E-state index in [0.717, 1.165) is 33.8 Å². The minimum Gasteiger partial charge on any atom is -0.355 e. The zero-order chi connectivity index (χ0) is 36.1. The predicted octanol–water partition coefficient (Wildman–Crippen LogP) is 14.7. The molecule has 0 bridgehead atoms. The average Bonchev–Trinajstić information content (AvgIpc) is 3.82. The van der Waals surface area contributed by atoms with Crippen LogP contribution in [0.25, 0.3) is 79.3 Å². The summed E-state index contributed by atoms with van der Waals surface area (Å²) in [5, 5.41) is 4.81. The van der Waals surface area contributed by atoms with Crippen LogP contribution in [0.4, 0.5) is 0 Å². The highest BCUT2D eigenvalue weighted by molar-refractivity contribution is 6.09. The summed E-state index contributed by atoms with van der Waals surface area (Å²) >= 11 is 0. The maximum atomic E-state index is 4.18. The Balaban J connectivity index is 0.000000760. The maximum absolute atomic E-state index is 4.18. The summed E-state index contributed by atoms with van der Waals surface area (Å²) in [6.07, 6.45) is 12.5. The van der Waals surface area contributed by atoms with Gasteiger partial charge in [0.1, 0.15) is 0 Å². The molecular formula is C46H55N3. The summed E-state index contributed by atoms with van der Waals surface area (Å²) in [5.74, 6) is 0. The first-order chi connectivity index (χ1) is 24.2. The Morgan fingerprint density at radius 3 is 1.20 bits per heavy atom. The number of aromatic nitrogens is 3. The van der Waals surface area contributed by atoms with E-state index in [2.05, 4.69) is 150 Å². The van der Waals surface area contributed by atoms with E-state index in [1.807, 2.05) is 67.5 Å². The second-order valence-corrected chi connectivity index (χ2v) is 10.3. The van der Waals surface area contributed by atoms with Crippen LogP contribution in [0, 0.1) is 0 Å². The van der Waals surface area contributed by atoms with Gasteiger partial charge in [-0.2, -0.15) is 0 Å². The quantitative estimate of drug-likeness (QED) is 0.185. The molecule has 3 nitrogen and oxygen atoms in total. The van der Waals surface area contributed by atoms with Crippen molar-refractivity contribution in [1.82, 2.24) is 14.1 Å². The molecule has 0 saturated heterocycles. The van der Waals surface area contributed by atoms with Crippen LogP contribution in [0.3, 0.4) is 0 Å². The third kappa shape index (κ3) is 6.98. The predicted molar refractivity (Wildman–Crippen MR) is 224 cm³/mol. The van der Waals surface area contributed by atoms with Crippen LogP contribution in [0.2, 0.25) is 0 Å². The number of rotatable bonds is 6. The highest BCUT2D eigenvalue weighted by atomic mass is 15.0. The number of allylic oxidation sites excluding steroid dienone is 2. The molecule has 0 spiro atoms. The average molecular weight is 650 g/mol. The number of hydrogen-bond acceptors (Lipinski definition) is 0. The number of benzene rings is 4. The Morgan fingerprint density at radius 2 is 0.857 bits per heavy atom. The molecule has 0 saturated carbocycles. The summed E-state index contributed by atoms with van der Waals surface area (Å²) in [7, 11) is 0. The van der Waals surface area contributed by atoms with E-state index in [1.54, 1.807) is 0 Å². The van der Waals surface area contributed by atoms with Crippen molar-refractivity contribution >= 4 is 67.9 Å². The van der Waals surface area contributed by atoms with E-state index in [1.165, 1.54) is 43.7 Å². The molecule has 0 amide bonds. The summed E-state index contributed by atoms with van der Waals surface area (Å²) < 4.78 is 4.64. The largest absolute Gasteiger partial charge is 0.355 e. The van der Waals surface area contributed by atoms with Gasteiger partial charge in [0.2, 0.25) is 0 Å². The van der Waals surface area contributed by atoms with Crippen molar-refractivity contribution in [3.63, 3.8) is 0 Å². The number of H-pyrrole nitrogens is 1. The van der Waals surface area contributed by atoms with Crippen LogP contribution < -0.4 is 0 Å². The van der Waals surface area contributed by atoms with Gasteiger partial charge in [0.25, 0.3) is 0 Å². The monoisotopic (exact) mass is 649 g/mol. The van der Waals surface area contributed by atoms with Gasteiger partial charge in [-0.3, -0.25) is 0 Å². The number of para-hydroxylation sites is 2. The number of fused-ring (bicyclic) bond motifs is 5. The van der Waals surface area contributed by atoms with Gasteiger partial charge in [-0.05, 0) is 74.5 Å². The molecule has 0 radical (unpaired) electrons. The minimum atomic E-state index is 1.09. The zero-order valence-electron chi connectivity index (χ0n) is 31.4. The van der Waals surface area contributed by atoms with Gasteiger partial charge >= 0.3 is 0 Å². The highest BCUT2D eigenvalue weighted by Gasteiger charge is 2.18. The molecule has 0 atom stereocenters. The Bertz CT molecular complexity index is 2050. The number of hydrogen-bond donors (Lipinski definition) is 1. The van der Waals surface area contributed by atoms with Crippen molar-refractivity contribution in [3.8, 4) is 11.4 Å². The minimum absolute atomic E-state index is 1.09. The van der Waals surface area contributed by atoms with Crippen LogP contribution in [0.1, 0.15) is 91.8 Å². The maximum Gasteiger partial charge on any atom is 0.0541 e. The lowest BCUT2D eigenvalue weighted by atomic mass is 10.1. The molecule has 4 aromatic carbocycles. The van der Waals surface area contributed by atoms with Gasteiger partial charge in [-0.25, -0.2) is 0 Å². The third-order valence-electron chi connectivity index (χ3n) is 8.04. The summed E-state index contributed by atoms with van der Waals surface area (Å²) in [6, 6.07) is 30.5. The highest BCUT2D eigenvalue weighted by Crippen LogP contribution is 2.36. The third-order valence-corrected chi connectivity index (χ3v) is 8.04. The van der Waals surface area contributed by atoms with E-state index < -0.39 is 0 Å². The molecule has 0 fully saturated rings. The van der Waals surface area contributed by atoms with Gasteiger partial charge in [-0.15, -0.1) is 0 Å². The van der Waals surface area contributed by atoms with E-state index >= 15 is 0 Å². The molecular weight excluding hydrogens is 595 g/mol. The van der Waals surface area contributed by atoms with Crippen molar-refractivity contribution < 1.29 is 0 Å². The second-order valence-electron chi connectivity index (χ2n) is 10.3. The normalized spacial score (nSPS) is 10.7. The van der Waals surface area contributed by atoms with Gasteiger partial charge < -0.3 is 14.1 Å². The molecule has 1 N–H and O–H groups in total. The van der Waals surface area contributed by atoms with Gasteiger partial charge in [-0.1, -0.05) is 129 Å². The van der Waals surface area contributed by atoms with Crippen LogP contribution in [-0.2, 0) is 0 Å². The fraction of sp³-hybridized carbons (Fsp3) is 0.217. The van der Waals surface area contributed by atoms with Crippen LogP contribution in [0.15, 0.2) is 110 Å². The summed E-state index contributed by atoms with van der Waals surface area (Å²) in [5.41, 5.74) is 11.3. The molecule has 7 rings (SSSR count). The lowest BCUT2D eigenvalue weighted by molar-refractivity contribution is 1.11. The first-order valence-electron chi connectivity index (χ1n) is 18.0. The summed E-state index contributed by atoms with van der Waals surface area (Å²) in [6.45, 7) is 28.5. The van der Waals surface area contributed by atoms with E-state index in [-0.39, 0.29) is 0 Å². The smallest absolute Gasteiger partial charge is 0.0541 e. The second kappa shape index (κ2) is 18.3. The first kappa shape index (κ1) is 38.2. The van der Waals surface area contributed by atoms with E-state index in [9.17, 15) is 0 Å². The van der Waals surface area contributed by atoms with E-state index in [0.29, 0.717) is 0 Å². The molecule has 0 aliphatic heterocycles. The van der Waals surface area contributed by atoms with Crippen molar-refractivity contribution in [1.29, 1.82) is 0 Å². The molecule has 49 heavy (non-hydrogen) atoms. The first-order valence-corrected chi connectivity index (χ1v) is 18.0. The van der Waals surface area contributed by atoms with Gasteiger partial charge in [0.15, 0.2) is 0 Å². The fourth-order valence-corrected chi connectivity index (χ4v) is 6.36. The Labute approximate surface area is 294 Å². The molecule has 0 unspecified atom stereocenters. The standard InChI is InChI=1S/C38H31N3.4C2H6/c1-5-13-27-29-15-9-11-17-37(29)40(35(27)7-3)25-19-21-33-31(23-25)32-24-26(20-22-34(32)39-33)41-36(8-4)28(14-6-2)30-16-10-12-18-38(30)41;4*1-2/h5-24,39H,3-4H2,1-2H3;4*1-2H3/b13-5-,14-6-;;;;. The van der Waals surface area contributed by atoms with Gasteiger partial charge in [0, 0.05) is 55.1 Å². The molecule has 254 valence electrons. The van der Waals surface area contributed by atoms with Crippen molar-refractivity contribution in [2.45, 2.75) is 69.2 Å². The number of nitrogens with one attached hydrogen (secondary N) is 1. The van der Waals surface area contributed by atoms with Crippen LogP contribution in [-0.4, -0.2) is 14.1 Å². The summed E-state index contributed by atoms with van der Waals surface area (Å²) in [4.78, 5) is 3.64. The Kier molecular flexibility index (Phi) is 14.3. The fourth-order valence-electron chi connectivity index (χ4n) is 6.36. The Morgan fingerprint density at radius 1 is 0.490 bits per heavy atom. The van der Waals surface area contributed by atoms with Crippen LogP contribution >= 0.6 is 0 Å². The van der Waals surface area contributed by atoms with E-state index in [4.69, 9.17) is 0 Å².